The van der Waals surface area contributed by atoms with Gasteiger partial charge in [0.05, 0.1) is 4.87 Å². The van der Waals surface area contributed by atoms with E-state index in [0.717, 1.165) is 13.2 Å². The predicted octanol–water partition coefficient (Wildman–Crippen LogP) is 2.00. The highest BCUT2D eigenvalue weighted by Crippen LogP contribution is 2.37. The lowest BCUT2D eigenvalue weighted by atomic mass is 10.1. The fraction of sp³-hybridized carbons (Fsp3) is 1.00. The maximum atomic E-state index is 5.50. The number of hydrogen-bond donors (Lipinski definition) is 1. The molecule has 2 aliphatic heterocycles. The summed E-state index contributed by atoms with van der Waals surface area (Å²) >= 11 is 2.11. The molecule has 0 bridgehead atoms. The van der Waals surface area contributed by atoms with Crippen LogP contribution in [0.1, 0.15) is 32.6 Å². The zero-order valence-electron chi connectivity index (χ0n) is 8.34. The van der Waals surface area contributed by atoms with Crippen LogP contribution < -0.4 is 5.32 Å². The Morgan fingerprint density at radius 3 is 3.15 bits per heavy atom. The second-order valence-corrected chi connectivity index (χ2v) is 5.62. The molecule has 2 rings (SSSR count). The van der Waals surface area contributed by atoms with E-state index < -0.39 is 0 Å². The van der Waals surface area contributed by atoms with Crippen molar-refractivity contribution in [3.8, 4) is 0 Å². The molecule has 0 aromatic rings. The van der Waals surface area contributed by atoms with Gasteiger partial charge >= 0.3 is 0 Å². The van der Waals surface area contributed by atoms with Crippen molar-refractivity contribution in [1.29, 1.82) is 0 Å². The van der Waals surface area contributed by atoms with Gasteiger partial charge in [0.2, 0.25) is 0 Å². The van der Waals surface area contributed by atoms with Crippen molar-refractivity contribution in [3.63, 3.8) is 0 Å². The topological polar surface area (TPSA) is 21.3 Å². The number of ether oxygens (including phenoxy) is 1. The predicted molar refractivity (Wildman–Crippen MR) is 57.1 cm³/mol. The highest BCUT2D eigenvalue weighted by molar-refractivity contribution is 8.00. The van der Waals surface area contributed by atoms with E-state index in [0.29, 0.717) is 10.9 Å². The van der Waals surface area contributed by atoms with Crippen LogP contribution in [-0.4, -0.2) is 29.9 Å². The van der Waals surface area contributed by atoms with Gasteiger partial charge in [-0.1, -0.05) is 0 Å². The molecule has 2 atom stereocenters. The van der Waals surface area contributed by atoms with Gasteiger partial charge in [0.25, 0.3) is 0 Å². The van der Waals surface area contributed by atoms with Gasteiger partial charge in [-0.15, -0.1) is 11.8 Å². The molecule has 0 aromatic heterocycles. The normalized spacial score (nSPS) is 41.8. The summed E-state index contributed by atoms with van der Waals surface area (Å²) in [5.41, 5.74) is 0. The fourth-order valence-corrected chi connectivity index (χ4v) is 3.87. The maximum Gasteiger partial charge on any atom is 0.0670 e. The molecule has 2 aliphatic rings. The summed E-state index contributed by atoms with van der Waals surface area (Å²) in [4.78, 5) is 0.355. The standard InChI is InChI=1S/C10H19NOS/c1-9-3-8-13-10(11-9)4-2-6-12-7-5-10/h9,11H,2-8H2,1H3. The van der Waals surface area contributed by atoms with E-state index in [9.17, 15) is 0 Å². The van der Waals surface area contributed by atoms with Crippen LogP contribution in [-0.2, 0) is 4.74 Å². The average molecular weight is 201 g/mol. The number of rotatable bonds is 0. The Labute approximate surface area is 84.8 Å². The van der Waals surface area contributed by atoms with Crippen molar-refractivity contribution in [2.45, 2.75) is 43.5 Å². The first kappa shape index (κ1) is 9.81. The van der Waals surface area contributed by atoms with Crippen molar-refractivity contribution in [2.24, 2.45) is 0 Å². The van der Waals surface area contributed by atoms with E-state index in [4.69, 9.17) is 4.74 Å². The molecule has 0 radical (unpaired) electrons. The summed E-state index contributed by atoms with van der Waals surface area (Å²) in [7, 11) is 0. The first-order chi connectivity index (χ1) is 6.31. The molecule has 0 aromatic carbocycles. The van der Waals surface area contributed by atoms with Crippen molar-refractivity contribution in [2.75, 3.05) is 19.0 Å². The maximum absolute atomic E-state index is 5.50. The van der Waals surface area contributed by atoms with Crippen LogP contribution >= 0.6 is 11.8 Å². The Morgan fingerprint density at radius 1 is 1.38 bits per heavy atom. The van der Waals surface area contributed by atoms with E-state index in [1.807, 2.05) is 0 Å². The van der Waals surface area contributed by atoms with E-state index in [1.54, 1.807) is 0 Å². The second kappa shape index (κ2) is 4.20. The Hall–Kier alpha value is 0.270. The Morgan fingerprint density at radius 2 is 2.31 bits per heavy atom. The average Bonchev–Trinajstić information content (AvgIpc) is 2.31. The summed E-state index contributed by atoms with van der Waals surface area (Å²) in [6, 6.07) is 0.694. The summed E-state index contributed by atoms with van der Waals surface area (Å²) < 4.78 is 5.50. The Bertz CT molecular complexity index is 166. The van der Waals surface area contributed by atoms with Gasteiger partial charge in [-0.2, -0.15) is 0 Å². The van der Waals surface area contributed by atoms with Gasteiger partial charge in [0.15, 0.2) is 0 Å². The monoisotopic (exact) mass is 201 g/mol. The highest BCUT2D eigenvalue weighted by atomic mass is 32.2. The van der Waals surface area contributed by atoms with Crippen LogP contribution in [0.25, 0.3) is 0 Å². The number of thioether (sulfide) groups is 1. The molecule has 2 unspecified atom stereocenters. The molecular weight excluding hydrogens is 182 g/mol. The summed E-state index contributed by atoms with van der Waals surface area (Å²) in [5.74, 6) is 1.31. The van der Waals surface area contributed by atoms with Gasteiger partial charge < -0.3 is 10.1 Å². The minimum Gasteiger partial charge on any atom is -0.381 e. The third kappa shape index (κ3) is 2.39. The SMILES string of the molecule is CC1CCSC2(CCCOCC2)N1. The highest BCUT2D eigenvalue weighted by Gasteiger charge is 2.35. The lowest BCUT2D eigenvalue weighted by Crippen LogP contribution is -2.50. The molecule has 3 heteroatoms. The lowest BCUT2D eigenvalue weighted by Gasteiger charge is -2.40. The van der Waals surface area contributed by atoms with Gasteiger partial charge in [0.1, 0.15) is 0 Å². The third-order valence-corrected chi connectivity index (χ3v) is 4.48. The van der Waals surface area contributed by atoms with Gasteiger partial charge in [0, 0.05) is 19.3 Å². The second-order valence-electron chi connectivity index (χ2n) is 4.14. The van der Waals surface area contributed by atoms with Crippen molar-refractivity contribution in [1.82, 2.24) is 5.32 Å². The molecule has 2 nitrogen and oxygen atoms in total. The van der Waals surface area contributed by atoms with Crippen LogP contribution in [0.3, 0.4) is 0 Å². The molecule has 76 valence electrons. The van der Waals surface area contributed by atoms with Crippen LogP contribution in [0.5, 0.6) is 0 Å². The lowest BCUT2D eigenvalue weighted by molar-refractivity contribution is 0.141. The van der Waals surface area contributed by atoms with Crippen LogP contribution in [0.4, 0.5) is 0 Å². The van der Waals surface area contributed by atoms with E-state index >= 15 is 0 Å². The van der Waals surface area contributed by atoms with E-state index in [2.05, 4.69) is 24.0 Å². The molecule has 13 heavy (non-hydrogen) atoms. The van der Waals surface area contributed by atoms with Gasteiger partial charge in [-0.3, -0.25) is 0 Å². The van der Waals surface area contributed by atoms with Crippen molar-refractivity contribution in [3.05, 3.63) is 0 Å². The van der Waals surface area contributed by atoms with Crippen molar-refractivity contribution >= 4 is 11.8 Å². The Kier molecular flexibility index (Phi) is 3.17. The molecule has 2 fully saturated rings. The Balaban J connectivity index is 1.99. The number of nitrogens with one attached hydrogen (secondary N) is 1. The van der Waals surface area contributed by atoms with Gasteiger partial charge in [-0.25, -0.2) is 0 Å². The van der Waals surface area contributed by atoms with Crippen LogP contribution in [0, 0.1) is 0 Å². The minimum atomic E-state index is 0.355. The summed E-state index contributed by atoms with van der Waals surface area (Å²) in [6.07, 6.45) is 4.99. The third-order valence-electron chi connectivity index (χ3n) is 2.96. The van der Waals surface area contributed by atoms with Crippen LogP contribution in [0.2, 0.25) is 0 Å². The van der Waals surface area contributed by atoms with Gasteiger partial charge in [-0.05, 0) is 38.4 Å². The number of hydrogen-bond acceptors (Lipinski definition) is 3. The molecule has 0 saturated carbocycles. The van der Waals surface area contributed by atoms with Crippen LogP contribution in [0.15, 0.2) is 0 Å². The van der Waals surface area contributed by atoms with E-state index in [-0.39, 0.29) is 0 Å². The summed E-state index contributed by atoms with van der Waals surface area (Å²) in [5, 5.41) is 3.75. The molecule has 0 amide bonds. The quantitative estimate of drug-likeness (QED) is 0.647. The zero-order valence-corrected chi connectivity index (χ0v) is 9.16. The molecule has 2 heterocycles. The molecule has 1 N–H and O–H groups in total. The molecule has 1 spiro atoms. The zero-order chi connectivity index (χ0) is 9.15. The molecule has 0 aliphatic carbocycles. The first-order valence-corrected chi connectivity index (χ1v) is 6.29. The van der Waals surface area contributed by atoms with E-state index in [1.165, 1.54) is 31.4 Å². The largest absolute Gasteiger partial charge is 0.381 e. The van der Waals surface area contributed by atoms with Crippen molar-refractivity contribution < 1.29 is 4.74 Å². The minimum absolute atomic E-state index is 0.355. The first-order valence-electron chi connectivity index (χ1n) is 5.30. The molecular formula is C10H19NOS. The summed E-state index contributed by atoms with van der Waals surface area (Å²) in [6.45, 7) is 4.19. The smallest absolute Gasteiger partial charge is 0.0670 e. The fourth-order valence-electron chi connectivity index (χ4n) is 2.21. The molecule has 2 saturated heterocycles.